The second-order valence-electron chi connectivity index (χ2n) is 14.7. The van der Waals surface area contributed by atoms with Crippen LogP contribution in [0.3, 0.4) is 0 Å². The van der Waals surface area contributed by atoms with Gasteiger partial charge in [-0.15, -0.1) is 0 Å². The van der Waals surface area contributed by atoms with Crippen LogP contribution in [0.5, 0.6) is 5.75 Å². The molecule has 10 aromatic rings. The lowest BCUT2D eigenvalue weighted by Crippen LogP contribution is -2.15. The Bertz CT molecular complexity index is 3290. The molecule has 0 spiro atoms. The molecule has 0 amide bonds. The predicted molar refractivity (Wildman–Crippen MR) is 230 cm³/mol. The summed E-state index contributed by atoms with van der Waals surface area (Å²) in [5.41, 5.74) is 10.7. The van der Waals surface area contributed by atoms with Crippen molar-refractivity contribution in [3.63, 3.8) is 0 Å². The second kappa shape index (κ2) is 12.5. The lowest BCUT2D eigenvalue weighted by molar-refractivity contribution is 0.269. The number of para-hydroxylation sites is 3. The van der Waals surface area contributed by atoms with Crippen LogP contribution in [0.15, 0.2) is 188 Å². The zero-order valence-electron chi connectivity index (χ0n) is 30.7. The van der Waals surface area contributed by atoms with Crippen molar-refractivity contribution in [2.45, 2.75) is 12.0 Å². The molecule has 0 saturated heterocycles. The van der Waals surface area contributed by atoms with Gasteiger partial charge in [0.2, 0.25) is 5.95 Å². The standard InChI is InChI=1S/C51H33N5O/c1-3-15-32(16-4-1)34-19-13-20-35(31-34)55-43-27-11-8-23-40(43)46-44(55)30-29-38-36-21-7-10-26-42(36)56(47(38)46)51-53-49(33-17-5-2-6-18-33)52-50(54-51)41-25-14-24-39-37-22-9-12-28-45(37)57-48(39)41/h1-31,37,45H. The van der Waals surface area contributed by atoms with Gasteiger partial charge in [-0.05, 0) is 53.6 Å². The van der Waals surface area contributed by atoms with E-state index in [1.165, 1.54) is 11.1 Å². The molecule has 268 valence electrons. The van der Waals surface area contributed by atoms with E-state index in [0.29, 0.717) is 17.6 Å². The number of nitrogens with zero attached hydrogens (tertiary/aromatic N) is 5. The van der Waals surface area contributed by atoms with Gasteiger partial charge in [0.05, 0.1) is 27.6 Å². The Morgan fingerprint density at radius 1 is 0.474 bits per heavy atom. The van der Waals surface area contributed by atoms with Crippen LogP contribution in [0.4, 0.5) is 0 Å². The van der Waals surface area contributed by atoms with Gasteiger partial charge < -0.3 is 9.30 Å². The summed E-state index contributed by atoms with van der Waals surface area (Å²) in [4.78, 5) is 15.9. The molecule has 3 aromatic heterocycles. The maximum atomic E-state index is 6.65. The van der Waals surface area contributed by atoms with Gasteiger partial charge in [-0.25, -0.2) is 4.98 Å². The molecule has 0 fully saturated rings. The van der Waals surface area contributed by atoms with E-state index in [2.05, 4.69) is 179 Å². The Labute approximate surface area is 328 Å². The first kappa shape index (κ1) is 31.7. The van der Waals surface area contributed by atoms with Gasteiger partial charge in [-0.2, -0.15) is 9.97 Å². The molecule has 0 saturated carbocycles. The summed E-state index contributed by atoms with van der Waals surface area (Å²) < 4.78 is 11.3. The van der Waals surface area contributed by atoms with Crippen molar-refractivity contribution in [1.29, 1.82) is 0 Å². The maximum Gasteiger partial charge on any atom is 0.238 e. The number of hydrogen-bond acceptors (Lipinski definition) is 4. The summed E-state index contributed by atoms with van der Waals surface area (Å²) in [6, 6.07) is 57.7. The lowest BCUT2D eigenvalue weighted by atomic mass is 9.91. The molecule has 2 atom stereocenters. The highest BCUT2D eigenvalue weighted by Crippen LogP contribution is 2.47. The Balaban J connectivity index is 1.16. The SMILES string of the molecule is C1=CC2Oc3c(-c4nc(-c5ccccc5)nc(-n5c6ccccc6c6ccc7c(c8ccccc8n7-c7cccc(-c8ccccc8)c7)c65)n4)cccc3C2C=C1. The van der Waals surface area contributed by atoms with E-state index in [1.807, 2.05) is 18.2 Å². The number of rotatable bonds is 5. The van der Waals surface area contributed by atoms with Gasteiger partial charge >= 0.3 is 0 Å². The molecule has 6 nitrogen and oxygen atoms in total. The lowest BCUT2D eigenvalue weighted by Gasteiger charge is -2.14. The van der Waals surface area contributed by atoms with Crippen LogP contribution in [0.25, 0.3) is 89.2 Å². The zero-order chi connectivity index (χ0) is 37.5. The summed E-state index contributed by atoms with van der Waals surface area (Å²) in [6.07, 6.45) is 8.44. The highest BCUT2D eigenvalue weighted by Gasteiger charge is 2.34. The summed E-state index contributed by atoms with van der Waals surface area (Å²) in [5, 5.41) is 4.56. The van der Waals surface area contributed by atoms with Crippen molar-refractivity contribution in [2.75, 3.05) is 0 Å². The monoisotopic (exact) mass is 731 g/mol. The molecule has 4 heterocycles. The fourth-order valence-corrected chi connectivity index (χ4v) is 8.99. The fraction of sp³-hybridized carbons (Fsp3) is 0.0392. The highest BCUT2D eigenvalue weighted by molar-refractivity contribution is 6.26. The molecule has 7 aromatic carbocycles. The van der Waals surface area contributed by atoms with Crippen LogP contribution in [-0.4, -0.2) is 30.2 Å². The average Bonchev–Trinajstić information content (AvgIpc) is 3.95. The summed E-state index contributed by atoms with van der Waals surface area (Å²) in [6.45, 7) is 0. The predicted octanol–water partition coefficient (Wildman–Crippen LogP) is 12.0. The van der Waals surface area contributed by atoms with E-state index >= 15 is 0 Å². The Morgan fingerprint density at radius 3 is 2.00 bits per heavy atom. The first-order chi connectivity index (χ1) is 28.3. The van der Waals surface area contributed by atoms with Crippen LogP contribution in [0.1, 0.15) is 11.5 Å². The quantitative estimate of drug-likeness (QED) is 0.177. The van der Waals surface area contributed by atoms with E-state index in [0.717, 1.165) is 71.7 Å². The number of hydrogen-bond donors (Lipinski definition) is 0. The van der Waals surface area contributed by atoms with Crippen molar-refractivity contribution < 1.29 is 4.74 Å². The largest absolute Gasteiger partial charge is 0.484 e. The Morgan fingerprint density at radius 2 is 1.16 bits per heavy atom. The molecule has 1 aliphatic carbocycles. The molecule has 0 N–H and O–H groups in total. The maximum absolute atomic E-state index is 6.65. The van der Waals surface area contributed by atoms with Gasteiger partial charge in [0.1, 0.15) is 11.9 Å². The molecule has 2 aliphatic rings. The van der Waals surface area contributed by atoms with E-state index in [-0.39, 0.29) is 12.0 Å². The molecule has 0 bridgehead atoms. The smallest absolute Gasteiger partial charge is 0.238 e. The third-order valence-electron chi connectivity index (χ3n) is 11.5. The number of aromatic nitrogens is 5. The summed E-state index contributed by atoms with van der Waals surface area (Å²) in [7, 11) is 0. The van der Waals surface area contributed by atoms with Crippen molar-refractivity contribution in [3.05, 3.63) is 194 Å². The van der Waals surface area contributed by atoms with Gasteiger partial charge in [-0.1, -0.05) is 146 Å². The van der Waals surface area contributed by atoms with Crippen LogP contribution in [-0.2, 0) is 0 Å². The van der Waals surface area contributed by atoms with Crippen LogP contribution in [0, 0.1) is 0 Å². The number of allylic oxidation sites excluding steroid dienone is 2. The topological polar surface area (TPSA) is 57.8 Å². The Hall–Kier alpha value is -7.57. The number of ether oxygens (including phenoxy) is 1. The van der Waals surface area contributed by atoms with Crippen LogP contribution < -0.4 is 4.74 Å². The second-order valence-corrected chi connectivity index (χ2v) is 14.7. The zero-order valence-corrected chi connectivity index (χ0v) is 30.7. The molecular weight excluding hydrogens is 699 g/mol. The van der Waals surface area contributed by atoms with Gasteiger partial charge in [0.15, 0.2) is 11.6 Å². The molecular formula is C51H33N5O. The van der Waals surface area contributed by atoms with Crippen molar-refractivity contribution in [2.24, 2.45) is 0 Å². The third kappa shape index (κ3) is 4.87. The molecule has 12 rings (SSSR count). The minimum Gasteiger partial charge on any atom is -0.484 e. The summed E-state index contributed by atoms with van der Waals surface area (Å²) in [5.74, 6) is 2.69. The van der Waals surface area contributed by atoms with Crippen LogP contribution >= 0.6 is 0 Å². The molecule has 1 aliphatic heterocycles. The summed E-state index contributed by atoms with van der Waals surface area (Å²) >= 11 is 0. The highest BCUT2D eigenvalue weighted by atomic mass is 16.5. The van der Waals surface area contributed by atoms with Crippen molar-refractivity contribution in [3.8, 4) is 51.3 Å². The van der Waals surface area contributed by atoms with E-state index in [9.17, 15) is 0 Å². The molecule has 0 radical (unpaired) electrons. The molecule has 2 unspecified atom stereocenters. The van der Waals surface area contributed by atoms with Crippen molar-refractivity contribution in [1.82, 2.24) is 24.1 Å². The first-order valence-corrected chi connectivity index (χ1v) is 19.4. The van der Waals surface area contributed by atoms with Gasteiger partial charge in [0.25, 0.3) is 0 Å². The van der Waals surface area contributed by atoms with E-state index < -0.39 is 0 Å². The van der Waals surface area contributed by atoms with Gasteiger partial charge in [-0.3, -0.25) is 4.57 Å². The van der Waals surface area contributed by atoms with E-state index in [1.54, 1.807) is 0 Å². The first-order valence-electron chi connectivity index (χ1n) is 19.4. The Kier molecular flexibility index (Phi) is 6.95. The molecule has 57 heavy (non-hydrogen) atoms. The van der Waals surface area contributed by atoms with Crippen LogP contribution in [0.2, 0.25) is 0 Å². The normalized spacial score (nSPS) is 15.7. The fourth-order valence-electron chi connectivity index (χ4n) is 8.99. The number of fused-ring (bicyclic) bond motifs is 10. The van der Waals surface area contributed by atoms with E-state index in [4.69, 9.17) is 19.7 Å². The average molecular weight is 732 g/mol. The third-order valence-corrected chi connectivity index (χ3v) is 11.5. The van der Waals surface area contributed by atoms with Gasteiger partial charge in [0, 0.05) is 44.3 Å². The van der Waals surface area contributed by atoms with Crippen molar-refractivity contribution >= 4 is 43.6 Å². The minimum absolute atomic E-state index is 0.0580. The number of benzene rings is 7. The minimum atomic E-state index is -0.0580. The molecule has 6 heteroatoms.